The Labute approximate surface area is 130 Å². The van der Waals surface area contributed by atoms with Crippen molar-refractivity contribution < 1.29 is 19.4 Å². The van der Waals surface area contributed by atoms with Gasteiger partial charge in [0.15, 0.2) is 6.23 Å². The van der Waals surface area contributed by atoms with Gasteiger partial charge in [0.1, 0.15) is 11.5 Å². The van der Waals surface area contributed by atoms with Crippen molar-refractivity contribution in [3.05, 3.63) is 24.3 Å². The molecule has 22 heavy (non-hydrogen) atoms. The summed E-state index contributed by atoms with van der Waals surface area (Å²) in [5, 5.41) is 14.7. The molecule has 0 spiro atoms. The monoisotopic (exact) mass is 309 g/mol. The zero-order valence-corrected chi connectivity index (χ0v) is 12.7. The fourth-order valence-electron chi connectivity index (χ4n) is 2.15. The normalized spacial score (nSPS) is 16.8. The third-order valence-corrected chi connectivity index (χ3v) is 3.30. The van der Waals surface area contributed by atoms with E-state index >= 15 is 0 Å². The number of nitrogens with zero attached hydrogens (tertiary/aromatic N) is 1. The van der Waals surface area contributed by atoms with Crippen LogP contribution < -0.4 is 15.4 Å². The SMILES string of the molecule is CC(NC(=O)NCCN1CCOCC1)Oc1ccc(O)cc1. The van der Waals surface area contributed by atoms with Crippen LogP contribution in [0.3, 0.4) is 0 Å². The van der Waals surface area contributed by atoms with Crippen LogP contribution in [0.15, 0.2) is 24.3 Å². The van der Waals surface area contributed by atoms with E-state index in [9.17, 15) is 9.90 Å². The summed E-state index contributed by atoms with van der Waals surface area (Å²) < 4.78 is 10.8. The van der Waals surface area contributed by atoms with E-state index in [4.69, 9.17) is 9.47 Å². The first-order valence-electron chi connectivity index (χ1n) is 7.43. The molecular formula is C15H23N3O4. The number of rotatable bonds is 6. The van der Waals surface area contributed by atoms with Crippen molar-refractivity contribution in [2.45, 2.75) is 13.2 Å². The van der Waals surface area contributed by atoms with Gasteiger partial charge in [-0.2, -0.15) is 0 Å². The summed E-state index contributed by atoms with van der Waals surface area (Å²) in [6.45, 7) is 6.46. The van der Waals surface area contributed by atoms with Gasteiger partial charge in [0.05, 0.1) is 13.2 Å². The largest absolute Gasteiger partial charge is 0.508 e. The number of ether oxygens (including phenoxy) is 2. The molecule has 1 aliphatic heterocycles. The quantitative estimate of drug-likeness (QED) is 0.675. The van der Waals surface area contributed by atoms with Gasteiger partial charge in [0.25, 0.3) is 0 Å². The molecule has 2 amide bonds. The van der Waals surface area contributed by atoms with E-state index in [1.54, 1.807) is 19.1 Å². The second-order valence-corrected chi connectivity index (χ2v) is 5.11. The average Bonchev–Trinajstić information content (AvgIpc) is 2.50. The molecule has 122 valence electrons. The molecule has 0 aromatic heterocycles. The van der Waals surface area contributed by atoms with Crippen LogP contribution in [0.4, 0.5) is 4.79 Å². The minimum Gasteiger partial charge on any atom is -0.508 e. The van der Waals surface area contributed by atoms with Gasteiger partial charge in [0, 0.05) is 26.2 Å². The van der Waals surface area contributed by atoms with Crippen LogP contribution in [-0.2, 0) is 4.74 Å². The van der Waals surface area contributed by atoms with Gasteiger partial charge in [-0.25, -0.2) is 4.79 Å². The maximum Gasteiger partial charge on any atom is 0.317 e. The summed E-state index contributed by atoms with van der Waals surface area (Å²) in [6, 6.07) is 6.09. The number of nitrogens with one attached hydrogen (secondary N) is 2. The van der Waals surface area contributed by atoms with Gasteiger partial charge in [0.2, 0.25) is 0 Å². The van der Waals surface area contributed by atoms with Gasteiger partial charge >= 0.3 is 6.03 Å². The third-order valence-electron chi connectivity index (χ3n) is 3.30. The maximum atomic E-state index is 11.8. The second kappa shape index (κ2) is 8.45. The Balaban J connectivity index is 1.62. The molecule has 2 rings (SSSR count). The number of morpholine rings is 1. The third kappa shape index (κ3) is 5.79. The lowest BCUT2D eigenvalue weighted by Crippen LogP contribution is -2.46. The highest BCUT2D eigenvalue weighted by molar-refractivity contribution is 5.73. The van der Waals surface area contributed by atoms with Crippen LogP contribution >= 0.6 is 0 Å². The van der Waals surface area contributed by atoms with E-state index in [-0.39, 0.29) is 11.8 Å². The van der Waals surface area contributed by atoms with Gasteiger partial charge in [-0.15, -0.1) is 0 Å². The second-order valence-electron chi connectivity index (χ2n) is 5.11. The number of phenolic OH excluding ortho intramolecular Hbond substituents is 1. The van der Waals surface area contributed by atoms with Gasteiger partial charge in [-0.05, 0) is 31.2 Å². The number of carbonyl (C=O) groups excluding carboxylic acids is 1. The molecule has 1 aromatic carbocycles. The number of hydrogen-bond acceptors (Lipinski definition) is 5. The Kier molecular flexibility index (Phi) is 6.29. The van der Waals surface area contributed by atoms with Gasteiger partial charge in [-0.3, -0.25) is 4.90 Å². The highest BCUT2D eigenvalue weighted by Gasteiger charge is 2.11. The zero-order chi connectivity index (χ0) is 15.8. The van der Waals surface area contributed by atoms with Crippen molar-refractivity contribution in [2.75, 3.05) is 39.4 Å². The standard InChI is InChI=1S/C15H23N3O4/c1-12(22-14-4-2-13(19)3-5-14)17-15(20)16-6-7-18-8-10-21-11-9-18/h2-5,12,19H,6-11H2,1H3,(H2,16,17,20). The van der Waals surface area contributed by atoms with Gasteiger partial charge in [-0.1, -0.05) is 0 Å². The number of amides is 2. The van der Waals surface area contributed by atoms with Crippen LogP contribution in [-0.4, -0.2) is 61.7 Å². The lowest BCUT2D eigenvalue weighted by molar-refractivity contribution is 0.0387. The number of phenols is 1. The maximum absolute atomic E-state index is 11.8. The van der Waals surface area contributed by atoms with Crippen molar-refractivity contribution in [2.24, 2.45) is 0 Å². The molecule has 1 saturated heterocycles. The molecule has 3 N–H and O–H groups in total. The van der Waals surface area contributed by atoms with Crippen molar-refractivity contribution in [3.63, 3.8) is 0 Å². The van der Waals surface area contributed by atoms with Crippen molar-refractivity contribution in [1.82, 2.24) is 15.5 Å². The van der Waals surface area contributed by atoms with Crippen LogP contribution in [0.2, 0.25) is 0 Å². The molecular weight excluding hydrogens is 286 g/mol. The highest BCUT2D eigenvalue weighted by atomic mass is 16.5. The molecule has 0 bridgehead atoms. The first-order valence-corrected chi connectivity index (χ1v) is 7.43. The van der Waals surface area contributed by atoms with Crippen LogP contribution in [0, 0.1) is 0 Å². The Morgan fingerprint density at radius 1 is 1.36 bits per heavy atom. The Morgan fingerprint density at radius 3 is 2.73 bits per heavy atom. The average molecular weight is 309 g/mol. The lowest BCUT2D eigenvalue weighted by Gasteiger charge is -2.26. The molecule has 1 heterocycles. The smallest absolute Gasteiger partial charge is 0.317 e. The minimum atomic E-state index is -0.465. The lowest BCUT2D eigenvalue weighted by atomic mass is 10.3. The number of hydrogen-bond donors (Lipinski definition) is 3. The van der Waals surface area contributed by atoms with E-state index in [0.717, 1.165) is 32.8 Å². The van der Waals surface area contributed by atoms with E-state index in [1.165, 1.54) is 12.1 Å². The summed E-state index contributed by atoms with van der Waals surface area (Å²) in [5.41, 5.74) is 0. The molecule has 0 aliphatic carbocycles. The van der Waals surface area contributed by atoms with Crippen molar-refractivity contribution in [1.29, 1.82) is 0 Å². The van der Waals surface area contributed by atoms with Gasteiger partial charge < -0.3 is 25.2 Å². The van der Waals surface area contributed by atoms with E-state index in [0.29, 0.717) is 12.3 Å². The molecule has 0 radical (unpaired) electrons. The number of carbonyl (C=O) groups is 1. The molecule has 1 aliphatic rings. The number of aromatic hydroxyl groups is 1. The van der Waals surface area contributed by atoms with Crippen LogP contribution in [0.25, 0.3) is 0 Å². The topological polar surface area (TPSA) is 83.1 Å². The van der Waals surface area contributed by atoms with E-state index < -0.39 is 6.23 Å². The molecule has 1 unspecified atom stereocenters. The highest BCUT2D eigenvalue weighted by Crippen LogP contribution is 2.16. The van der Waals surface area contributed by atoms with Crippen molar-refractivity contribution >= 4 is 6.03 Å². The predicted octanol–water partition coefficient (Wildman–Crippen LogP) is 0.748. The first-order chi connectivity index (χ1) is 10.6. The summed E-state index contributed by atoms with van der Waals surface area (Å²) in [4.78, 5) is 14.0. The van der Waals surface area contributed by atoms with Crippen LogP contribution in [0.1, 0.15) is 6.92 Å². The summed E-state index contributed by atoms with van der Waals surface area (Å²) >= 11 is 0. The summed E-state index contributed by atoms with van der Waals surface area (Å²) in [7, 11) is 0. The van der Waals surface area contributed by atoms with Crippen molar-refractivity contribution in [3.8, 4) is 11.5 Å². The molecule has 0 saturated carbocycles. The molecule has 1 atom stereocenters. The Hall–Kier alpha value is -1.99. The summed E-state index contributed by atoms with van der Waals surface area (Å²) in [5.74, 6) is 0.757. The minimum absolute atomic E-state index is 0.175. The Morgan fingerprint density at radius 2 is 2.05 bits per heavy atom. The van der Waals surface area contributed by atoms with E-state index in [1.807, 2.05) is 0 Å². The van der Waals surface area contributed by atoms with Crippen LogP contribution in [0.5, 0.6) is 11.5 Å². The molecule has 7 heteroatoms. The fraction of sp³-hybridized carbons (Fsp3) is 0.533. The molecule has 1 aromatic rings. The van der Waals surface area contributed by atoms with E-state index in [2.05, 4.69) is 15.5 Å². The number of urea groups is 1. The zero-order valence-electron chi connectivity index (χ0n) is 12.7. The predicted molar refractivity (Wildman–Crippen MR) is 82.0 cm³/mol. The number of benzene rings is 1. The molecule has 7 nitrogen and oxygen atoms in total. The Bertz CT molecular complexity index is 460. The summed E-state index contributed by atoms with van der Waals surface area (Å²) in [6.07, 6.45) is -0.465. The fourth-order valence-corrected chi connectivity index (χ4v) is 2.15. The molecule has 1 fully saturated rings. The first kappa shape index (κ1) is 16.4.